The highest BCUT2D eigenvalue weighted by Crippen LogP contribution is 2.18. The van der Waals surface area contributed by atoms with Gasteiger partial charge in [-0.05, 0) is 25.2 Å². The van der Waals surface area contributed by atoms with Gasteiger partial charge in [0.05, 0.1) is 0 Å². The van der Waals surface area contributed by atoms with Crippen molar-refractivity contribution in [2.45, 2.75) is 64.5 Å². The second-order valence-corrected chi connectivity index (χ2v) is 6.46. The van der Waals surface area contributed by atoms with Gasteiger partial charge in [-0.1, -0.05) is 33.1 Å². The summed E-state index contributed by atoms with van der Waals surface area (Å²) < 4.78 is 0. The monoisotopic (exact) mass is 295 g/mol. The van der Waals surface area contributed by atoms with Crippen LogP contribution in [0.5, 0.6) is 0 Å². The first kappa shape index (κ1) is 15.8. The van der Waals surface area contributed by atoms with Crippen LogP contribution in [0.3, 0.4) is 0 Å². The number of hydrogen-bond acceptors (Lipinski definition) is 3. The fourth-order valence-electron chi connectivity index (χ4n) is 3.02. The molecule has 0 unspecified atom stereocenters. The molecule has 1 saturated carbocycles. The topological polar surface area (TPSA) is 78.5 Å². The summed E-state index contributed by atoms with van der Waals surface area (Å²) in [5.74, 6) is -0.210. The van der Waals surface area contributed by atoms with Gasteiger partial charge in [0.1, 0.15) is 12.6 Å². The third-order valence-electron chi connectivity index (χ3n) is 4.09. The maximum atomic E-state index is 12.1. The van der Waals surface area contributed by atoms with E-state index in [-0.39, 0.29) is 24.4 Å². The number of nitrogens with zero attached hydrogens (tertiary/aromatic N) is 1. The van der Waals surface area contributed by atoms with Gasteiger partial charge < -0.3 is 10.6 Å². The minimum atomic E-state index is -0.486. The molecule has 2 fully saturated rings. The Kier molecular flexibility index (Phi) is 5.20. The van der Waals surface area contributed by atoms with Crippen LogP contribution in [0, 0.1) is 5.92 Å². The molecule has 4 amide bonds. The van der Waals surface area contributed by atoms with Crippen LogP contribution in [0.15, 0.2) is 0 Å². The Bertz CT molecular complexity index is 416. The van der Waals surface area contributed by atoms with Crippen LogP contribution < -0.4 is 10.6 Å². The molecule has 2 rings (SSSR count). The van der Waals surface area contributed by atoms with Gasteiger partial charge in [0.25, 0.3) is 5.91 Å². The summed E-state index contributed by atoms with van der Waals surface area (Å²) in [4.78, 5) is 37.0. The van der Waals surface area contributed by atoms with Gasteiger partial charge >= 0.3 is 6.03 Å². The van der Waals surface area contributed by atoms with Gasteiger partial charge in [-0.2, -0.15) is 0 Å². The maximum Gasteiger partial charge on any atom is 0.325 e. The van der Waals surface area contributed by atoms with Crippen molar-refractivity contribution in [1.29, 1.82) is 0 Å². The molecule has 1 aliphatic heterocycles. The number of rotatable bonds is 5. The summed E-state index contributed by atoms with van der Waals surface area (Å²) in [6.07, 6.45) is 6.06. The van der Waals surface area contributed by atoms with Crippen LogP contribution in [0.2, 0.25) is 0 Å². The van der Waals surface area contributed by atoms with E-state index in [2.05, 4.69) is 10.6 Å². The minimum Gasteiger partial charge on any atom is -0.352 e. The van der Waals surface area contributed by atoms with Crippen molar-refractivity contribution >= 4 is 17.8 Å². The molecule has 1 heterocycles. The van der Waals surface area contributed by atoms with Gasteiger partial charge in [0.2, 0.25) is 5.91 Å². The number of carbonyl (C=O) groups excluding carboxylic acids is 3. The van der Waals surface area contributed by atoms with Crippen molar-refractivity contribution in [3.05, 3.63) is 0 Å². The van der Waals surface area contributed by atoms with Crippen LogP contribution in [0.4, 0.5) is 4.79 Å². The molecule has 6 nitrogen and oxygen atoms in total. The largest absolute Gasteiger partial charge is 0.352 e. The van der Waals surface area contributed by atoms with E-state index in [0.717, 1.165) is 30.6 Å². The first-order chi connectivity index (χ1) is 9.97. The van der Waals surface area contributed by atoms with Crippen molar-refractivity contribution in [1.82, 2.24) is 15.5 Å². The Balaban J connectivity index is 1.85. The molecular formula is C15H25N3O3. The number of imide groups is 1. The van der Waals surface area contributed by atoms with E-state index in [1.165, 1.54) is 6.42 Å². The van der Waals surface area contributed by atoms with Gasteiger partial charge in [0.15, 0.2) is 0 Å². The van der Waals surface area contributed by atoms with E-state index in [4.69, 9.17) is 0 Å². The summed E-state index contributed by atoms with van der Waals surface area (Å²) in [5.41, 5.74) is 0. The molecule has 2 aliphatic rings. The SMILES string of the molecule is CC(C)C[C@@H]1NC(=O)N(CC(=O)NC2CCCCC2)C1=O. The third-order valence-corrected chi connectivity index (χ3v) is 4.09. The molecule has 0 spiro atoms. The summed E-state index contributed by atoms with van der Waals surface area (Å²) >= 11 is 0. The van der Waals surface area contributed by atoms with Gasteiger partial charge in [-0.15, -0.1) is 0 Å². The molecule has 21 heavy (non-hydrogen) atoms. The number of urea groups is 1. The highest BCUT2D eigenvalue weighted by atomic mass is 16.2. The molecule has 0 aromatic carbocycles. The lowest BCUT2D eigenvalue weighted by molar-refractivity contribution is -0.132. The molecule has 0 radical (unpaired) electrons. The number of hydrogen-bond donors (Lipinski definition) is 2. The highest BCUT2D eigenvalue weighted by Gasteiger charge is 2.39. The lowest BCUT2D eigenvalue weighted by atomic mass is 9.95. The third kappa shape index (κ3) is 4.19. The summed E-state index contributed by atoms with van der Waals surface area (Å²) in [6.45, 7) is 3.82. The van der Waals surface area contributed by atoms with Crippen LogP contribution in [-0.4, -0.2) is 41.4 Å². The first-order valence-corrected chi connectivity index (χ1v) is 7.88. The Morgan fingerprint density at radius 2 is 1.95 bits per heavy atom. The standard InChI is InChI=1S/C15H25N3O3/c1-10(2)8-12-14(20)18(15(21)17-12)9-13(19)16-11-6-4-3-5-7-11/h10-12H,3-9H2,1-2H3,(H,16,19)(H,17,21)/t12-/m0/s1. The van der Waals surface area contributed by atoms with E-state index in [0.29, 0.717) is 12.3 Å². The zero-order chi connectivity index (χ0) is 15.4. The van der Waals surface area contributed by atoms with Gasteiger partial charge in [-0.3, -0.25) is 14.5 Å². The van der Waals surface area contributed by atoms with Crippen molar-refractivity contribution < 1.29 is 14.4 Å². The fraction of sp³-hybridized carbons (Fsp3) is 0.800. The molecule has 0 aromatic heterocycles. The van der Waals surface area contributed by atoms with E-state index in [1.54, 1.807) is 0 Å². The molecule has 6 heteroatoms. The normalized spacial score (nSPS) is 23.6. The average molecular weight is 295 g/mol. The van der Waals surface area contributed by atoms with E-state index in [1.807, 2.05) is 13.8 Å². The number of carbonyl (C=O) groups is 3. The molecular weight excluding hydrogens is 270 g/mol. The smallest absolute Gasteiger partial charge is 0.325 e. The van der Waals surface area contributed by atoms with Gasteiger partial charge in [0, 0.05) is 6.04 Å². The molecule has 2 N–H and O–H groups in total. The van der Waals surface area contributed by atoms with Crippen molar-refractivity contribution in [3.8, 4) is 0 Å². The van der Waals surface area contributed by atoms with Crippen LogP contribution >= 0.6 is 0 Å². The zero-order valence-electron chi connectivity index (χ0n) is 12.9. The van der Waals surface area contributed by atoms with Crippen molar-refractivity contribution in [2.24, 2.45) is 5.92 Å². The van der Waals surface area contributed by atoms with E-state index in [9.17, 15) is 14.4 Å². The molecule has 1 atom stereocenters. The maximum absolute atomic E-state index is 12.1. The Morgan fingerprint density at radius 3 is 2.57 bits per heavy atom. The Labute approximate surface area is 125 Å². The second kappa shape index (κ2) is 6.91. The van der Waals surface area contributed by atoms with Gasteiger partial charge in [-0.25, -0.2) is 4.79 Å². The van der Waals surface area contributed by atoms with E-state index < -0.39 is 12.1 Å². The molecule has 0 aromatic rings. The predicted octanol–water partition coefficient (Wildman–Crippen LogP) is 1.40. The Morgan fingerprint density at radius 1 is 1.29 bits per heavy atom. The quantitative estimate of drug-likeness (QED) is 0.753. The molecule has 118 valence electrons. The second-order valence-electron chi connectivity index (χ2n) is 6.46. The van der Waals surface area contributed by atoms with Crippen LogP contribution in [0.25, 0.3) is 0 Å². The van der Waals surface area contributed by atoms with Crippen LogP contribution in [-0.2, 0) is 9.59 Å². The summed E-state index contributed by atoms with van der Waals surface area (Å²) in [5, 5.41) is 5.58. The summed E-state index contributed by atoms with van der Waals surface area (Å²) in [7, 11) is 0. The lowest BCUT2D eigenvalue weighted by Gasteiger charge is -2.23. The highest BCUT2D eigenvalue weighted by molar-refractivity contribution is 6.06. The molecule has 1 aliphatic carbocycles. The van der Waals surface area contributed by atoms with Crippen molar-refractivity contribution in [3.63, 3.8) is 0 Å². The molecule has 0 bridgehead atoms. The first-order valence-electron chi connectivity index (χ1n) is 7.88. The van der Waals surface area contributed by atoms with Crippen molar-refractivity contribution in [2.75, 3.05) is 6.54 Å². The average Bonchev–Trinajstić information content (AvgIpc) is 2.67. The predicted molar refractivity (Wildman–Crippen MR) is 78.5 cm³/mol. The summed E-state index contributed by atoms with van der Waals surface area (Å²) in [6, 6.07) is -0.747. The minimum absolute atomic E-state index is 0.171. The number of nitrogens with one attached hydrogen (secondary N) is 2. The fourth-order valence-corrected chi connectivity index (χ4v) is 3.02. The Hall–Kier alpha value is -1.59. The lowest BCUT2D eigenvalue weighted by Crippen LogP contribution is -2.45. The van der Waals surface area contributed by atoms with E-state index >= 15 is 0 Å². The van der Waals surface area contributed by atoms with Crippen LogP contribution in [0.1, 0.15) is 52.4 Å². The number of amides is 4. The zero-order valence-corrected chi connectivity index (χ0v) is 12.9. The molecule has 1 saturated heterocycles.